The quantitative estimate of drug-likeness (QED) is 0.621. The van der Waals surface area contributed by atoms with Crippen LogP contribution in [0.2, 0.25) is 0 Å². The Hall–Kier alpha value is -0.610. The standard InChI is InChI=1S/C8H14N2O2/c11-8-2-4-10(12-8)6-7-1-3-9-5-7/h7,9H,1-6H2. The van der Waals surface area contributed by atoms with Gasteiger partial charge in [0.15, 0.2) is 0 Å². The van der Waals surface area contributed by atoms with Crippen LogP contribution in [0, 0.1) is 5.92 Å². The summed E-state index contributed by atoms with van der Waals surface area (Å²) in [7, 11) is 0. The van der Waals surface area contributed by atoms with Crippen molar-refractivity contribution in [2.45, 2.75) is 12.8 Å². The Morgan fingerprint density at radius 1 is 1.67 bits per heavy atom. The van der Waals surface area contributed by atoms with E-state index >= 15 is 0 Å². The van der Waals surface area contributed by atoms with Crippen molar-refractivity contribution < 1.29 is 9.63 Å². The molecule has 12 heavy (non-hydrogen) atoms. The Kier molecular flexibility index (Phi) is 2.28. The van der Waals surface area contributed by atoms with Gasteiger partial charge in [-0.25, -0.2) is 0 Å². The Morgan fingerprint density at radius 2 is 2.58 bits per heavy atom. The highest BCUT2D eigenvalue weighted by atomic mass is 16.7. The summed E-state index contributed by atoms with van der Waals surface area (Å²) in [5.74, 6) is 0.580. The van der Waals surface area contributed by atoms with Crippen molar-refractivity contribution in [2.75, 3.05) is 26.2 Å². The third kappa shape index (κ3) is 1.76. The first-order valence-corrected chi connectivity index (χ1v) is 4.51. The molecule has 1 N–H and O–H groups in total. The Balaban J connectivity index is 1.75. The normalized spacial score (nSPS) is 31.0. The van der Waals surface area contributed by atoms with Gasteiger partial charge in [-0.1, -0.05) is 0 Å². The van der Waals surface area contributed by atoms with Crippen molar-refractivity contribution in [3.63, 3.8) is 0 Å². The molecule has 1 atom stereocenters. The number of hydrogen-bond donors (Lipinski definition) is 1. The number of rotatable bonds is 2. The van der Waals surface area contributed by atoms with Crippen LogP contribution in [0.3, 0.4) is 0 Å². The molecule has 0 saturated carbocycles. The van der Waals surface area contributed by atoms with Crippen molar-refractivity contribution in [3.05, 3.63) is 0 Å². The molecule has 2 aliphatic rings. The second-order valence-electron chi connectivity index (χ2n) is 3.46. The van der Waals surface area contributed by atoms with Gasteiger partial charge < -0.3 is 10.2 Å². The molecule has 0 aromatic heterocycles. The number of hydroxylamine groups is 2. The fraction of sp³-hybridized carbons (Fsp3) is 0.875. The maximum atomic E-state index is 10.7. The molecule has 0 spiro atoms. The summed E-state index contributed by atoms with van der Waals surface area (Å²) in [5, 5.41) is 5.08. The van der Waals surface area contributed by atoms with Gasteiger partial charge in [0.25, 0.3) is 0 Å². The van der Waals surface area contributed by atoms with Crippen LogP contribution in [-0.4, -0.2) is 37.2 Å². The molecule has 2 fully saturated rings. The predicted molar refractivity (Wildman–Crippen MR) is 43.3 cm³/mol. The summed E-state index contributed by atoms with van der Waals surface area (Å²) in [6, 6.07) is 0. The van der Waals surface area contributed by atoms with Crippen LogP contribution in [0.15, 0.2) is 0 Å². The van der Waals surface area contributed by atoms with Gasteiger partial charge >= 0.3 is 5.97 Å². The van der Waals surface area contributed by atoms with E-state index in [0.717, 1.165) is 26.2 Å². The average molecular weight is 170 g/mol. The monoisotopic (exact) mass is 170 g/mol. The van der Waals surface area contributed by atoms with E-state index in [2.05, 4.69) is 5.32 Å². The summed E-state index contributed by atoms with van der Waals surface area (Å²) in [5.41, 5.74) is 0. The summed E-state index contributed by atoms with van der Waals surface area (Å²) in [6.07, 6.45) is 1.76. The van der Waals surface area contributed by atoms with Gasteiger partial charge in [0.05, 0.1) is 6.42 Å². The SMILES string of the molecule is O=C1CCN(CC2CCNC2)O1. The second kappa shape index (κ2) is 3.41. The molecule has 4 nitrogen and oxygen atoms in total. The molecular formula is C8H14N2O2. The van der Waals surface area contributed by atoms with Crippen LogP contribution < -0.4 is 5.32 Å². The lowest BCUT2D eigenvalue weighted by atomic mass is 10.1. The molecule has 2 heterocycles. The first-order valence-electron chi connectivity index (χ1n) is 4.51. The summed E-state index contributed by atoms with van der Waals surface area (Å²) in [6.45, 7) is 3.84. The van der Waals surface area contributed by atoms with Crippen molar-refractivity contribution >= 4 is 5.97 Å². The molecule has 0 aliphatic carbocycles. The number of hydrogen-bond acceptors (Lipinski definition) is 4. The van der Waals surface area contributed by atoms with Gasteiger partial charge in [-0.05, 0) is 25.4 Å². The van der Waals surface area contributed by atoms with Gasteiger partial charge in [0.1, 0.15) is 0 Å². The van der Waals surface area contributed by atoms with Crippen molar-refractivity contribution in [2.24, 2.45) is 5.92 Å². The van der Waals surface area contributed by atoms with Crippen LogP contribution in [0.25, 0.3) is 0 Å². The second-order valence-corrected chi connectivity index (χ2v) is 3.46. The van der Waals surface area contributed by atoms with Crippen LogP contribution in [0.5, 0.6) is 0 Å². The minimum Gasteiger partial charge on any atom is -0.368 e. The minimum absolute atomic E-state index is 0.0824. The van der Waals surface area contributed by atoms with Gasteiger partial charge in [-0.15, -0.1) is 5.06 Å². The van der Waals surface area contributed by atoms with E-state index in [4.69, 9.17) is 4.84 Å². The van der Waals surface area contributed by atoms with E-state index in [0.29, 0.717) is 12.3 Å². The van der Waals surface area contributed by atoms with Crippen molar-refractivity contribution in [1.82, 2.24) is 10.4 Å². The summed E-state index contributed by atoms with van der Waals surface area (Å²) < 4.78 is 0. The van der Waals surface area contributed by atoms with E-state index in [9.17, 15) is 4.79 Å². The molecule has 2 saturated heterocycles. The van der Waals surface area contributed by atoms with E-state index in [1.54, 1.807) is 5.06 Å². The van der Waals surface area contributed by atoms with Gasteiger partial charge in [-0.2, -0.15) is 0 Å². The van der Waals surface area contributed by atoms with Crippen LogP contribution in [0.4, 0.5) is 0 Å². The molecular weight excluding hydrogens is 156 g/mol. The van der Waals surface area contributed by atoms with E-state index in [-0.39, 0.29) is 5.97 Å². The minimum atomic E-state index is -0.0824. The predicted octanol–water partition coefficient (Wildman–Crippen LogP) is -0.240. The third-order valence-electron chi connectivity index (χ3n) is 2.42. The molecule has 0 aromatic carbocycles. The lowest BCUT2D eigenvalue weighted by Crippen LogP contribution is -2.27. The Labute approximate surface area is 71.8 Å². The molecule has 2 rings (SSSR count). The topological polar surface area (TPSA) is 41.6 Å². The number of nitrogens with one attached hydrogen (secondary N) is 1. The lowest BCUT2D eigenvalue weighted by Gasteiger charge is -2.16. The summed E-state index contributed by atoms with van der Waals surface area (Å²) in [4.78, 5) is 15.7. The van der Waals surface area contributed by atoms with Gasteiger partial charge in [0.2, 0.25) is 0 Å². The zero-order chi connectivity index (χ0) is 8.39. The fourth-order valence-corrected chi connectivity index (χ4v) is 1.74. The molecule has 0 amide bonds. The van der Waals surface area contributed by atoms with Crippen molar-refractivity contribution in [1.29, 1.82) is 0 Å². The maximum absolute atomic E-state index is 10.7. The number of carbonyl (C=O) groups is 1. The maximum Gasteiger partial charge on any atom is 0.326 e. The smallest absolute Gasteiger partial charge is 0.326 e. The van der Waals surface area contributed by atoms with Crippen LogP contribution in [0.1, 0.15) is 12.8 Å². The van der Waals surface area contributed by atoms with Crippen LogP contribution in [-0.2, 0) is 9.63 Å². The molecule has 2 aliphatic heterocycles. The van der Waals surface area contributed by atoms with E-state index < -0.39 is 0 Å². The fourth-order valence-electron chi connectivity index (χ4n) is 1.74. The molecule has 0 aromatic rings. The number of nitrogens with zero attached hydrogens (tertiary/aromatic N) is 1. The highest BCUT2D eigenvalue weighted by Crippen LogP contribution is 2.13. The highest BCUT2D eigenvalue weighted by Gasteiger charge is 2.25. The summed E-state index contributed by atoms with van der Waals surface area (Å²) >= 11 is 0. The Bertz CT molecular complexity index is 178. The van der Waals surface area contributed by atoms with Gasteiger partial charge in [0, 0.05) is 13.1 Å². The number of carbonyl (C=O) groups excluding carboxylic acids is 1. The zero-order valence-corrected chi connectivity index (χ0v) is 7.08. The van der Waals surface area contributed by atoms with E-state index in [1.165, 1.54) is 6.42 Å². The van der Waals surface area contributed by atoms with Gasteiger partial charge in [-0.3, -0.25) is 4.79 Å². The molecule has 0 radical (unpaired) electrons. The Morgan fingerprint density at radius 3 is 3.17 bits per heavy atom. The lowest BCUT2D eigenvalue weighted by molar-refractivity contribution is -0.171. The third-order valence-corrected chi connectivity index (χ3v) is 2.42. The zero-order valence-electron chi connectivity index (χ0n) is 7.08. The first kappa shape index (κ1) is 8.01. The first-order chi connectivity index (χ1) is 5.84. The molecule has 0 bridgehead atoms. The van der Waals surface area contributed by atoms with Crippen molar-refractivity contribution in [3.8, 4) is 0 Å². The highest BCUT2D eigenvalue weighted by molar-refractivity contribution is 5.70. The average Bonchev–Trinajstić information content (AvgIpc) is 2.63. The van der Waals surface area contributed by atoms with E-state index in [1.807, 2.05) is 0 Å². The molecule has 68 valence electrons. The molecule has 1 unspecified atom stereocenters. The van der Waals surface area contributed by atoms with Crippen LogP contribution >= 0.6 is 0 Å². The molecule has 4 heteroatoms. The largest absolute Gasteiger partial charge is 0.368 e.